The van der Waals surface area contributed by atoms with Gasteiger partial charge in [0.2, 0.25) is 0 Å². The average molecular weight is 471 g/mol. The summed E-state index contributed by atoms with van der Waals surface area (Å²) in [5, 5.41) is 5.19. The van der Waals surface area contributed by atoms with Crippen LogP contribution < -0.4 is 0 Å². The molecule has 178 valence electrons. The molecular weight excluding hydrogens is 444 g/mol. The van der Waals surface area contributed by atoms with Gasteiger partial charge in [-0.3, -0.25) is 39.2 Å². The van der Waals surface area contributed by atoms with Crippen LogP contribution >= 0.6 is 0 Å². The van der Waals surface area contributed by atoms with E-state index in [0.717, 1.165) is 33.4 Å². The smallest absolute Gasteiger partial charge is 0.267 e. The minimum Gasteiger partial charge on any atom is -0.267 e. The van der Waals surface area contributed by atoms with Crippen LogP contribution in [0.15, 0.2) is 47.5 Å². The molecule has 8 nitrogen and oxygen atoms in total. The Morgan fingerprint density at radius 1 is 0.571 bits per heavy atom. The normalized spacial score (nSPS) is 18.7. The SMILES string of the molecule is CN1C(=O)C(=Cc2ccc3c(c2)C(C)(C)c2cc(C=C4C(=O)N(C)N(C)C4=O)ccc2-3)C(=O)N1C. The van der Waals surface area contributed by atoms with Crippen LogP contribution in [0.25, 0.3) is 23.3 Å². The van der Waals surface area contributed by atoms with Gasteiger partial charge < -0.3 is 0 Å². The summed E-state index contributed by atoms with van der Waals surface area (Å²) < 4.78 is 0. The fourth-order valence-corrected chi connectivity index (χ4v) is 4.96. The molecule has 0 bridgehead atoms. The van der Waals surface area contributed by atoms with Gasteiger partial charge in [-0.05, 0) is 45.5 Å². The lowest BCUT2D eigenvalue weighted by atomic mass is 9.81. The summed E-state index contributed by atoms with van der Waals surface area (Å²) in [7, 11) is 6.27. The van der Waals surface area contributed by atoms with Gasteiger partial charge in [0.1, 0.15) is 11.1 Å². The van der Waals surface area contributed by atoms with Gasteiger partial charge in [-0.15, -0.1) is 0 Å². The predicted octanol–water partition coefficient (Wildman–Crippen LogP) is 2.45. The molecule has 2 aromatic carbocycles. The summed E-state index contributed by atoms with van der Waals surface area (Å²) in [6.45, 7) is 4.23. The number of rotatable bonds is 2. The second-order valence-electron chi connectivity index (χ2n) is 9.67. The van der Waals surface area contributed by atoms with Crippen LogP contribution in [0.1, 0.15) is 36.1 Å². The Bertz CT molecular complexity index is 1270. The van der Waals surface area contributed by atoms with Gasteiger partial charge in [0.25, 0.3) is 23.6 Å². The minimum absolute atomic E-state index is 0.137. The van der Waals surface area contributed by atoms with Crippen molar-refractivity contribution in [2.45, 2.75) is 19.3 Å². The maximum atomic E-state index is 12.5. The van der Waals surface area contributed by atoms with Crippen LogP contribution in [-0.4, -0.2) is 71.9 Å². The van der Waals surface area contributed by atoms with E-state index in [1.807, 2.05) is 36.4 Å². The fraction of sp³-hybridized carbons (Fsp3) is 0.259. The lowest BCUT2D eigenvalue weighted by molar-refractivity contribution is -0.141. The number of hydrogen-bond donors (Lipinski definition) is 0. The van der Waals surface area contributed by atoms with Crippen molar-refractivity contribution in [2.24, 2.45) is 0 Å². The molecule has 0 atom stereocenters. The number of carbonyl (C=O) groups excluding carboxylic acids is 4. The molecule has 0 saturated carbocycles. The predicted molar refractivity (Wildman–Crippen MR) is 131 cm³/mol. The first-order valence-electron chi connectivity index (χ1n) is 11.3. The Labute approximate surface area is 203 Å². The van der Waals surface area contributed by atoms with Crippen LogP contribution in [0.5, 0.6) is 0 Å². The van der Waals surface area contributed by atoms with Crippen LogP contribution in [0.3, 0.4) is 0 Å². The molecule has 2 saturated heterocycles. The molecule has 1 aliphatic carbocycles. The Morgan fingerprint density at radius 2 is 0.886 bits per heavy atom. The molecule has 0 spiro atoms. The number of amides is 4. The second-order valence-corrected chi connectivity index (χ2v) is 9.67. The molecule has 2 aliphatic heterocycles. The molecule has 8 heteroatoms. The van der Waals surface area contributed by atoms with Crippen molar-refractivity contribution >= 4 is 35.8 Å². The Morgan fingerprint density at radius 3 is 1.20 bits per heavy atom. The van der Waals surface area contributed by atoms with Crippen molar-refractivity contribution in [3.05, 3.63) is 69.8 Å². The second kappa shape index (κ2) is 7.40. The zero-order valence-corrected chi connectivity index (χ0v) is 20.5. The van der Waals surface area contributed by atoms with E-state index in [1.54, 1.807) is 40.3 Å². The molecule has 2 aromatic rings. The Balaban J connectivity index is 1.54. The van der Waals surface area contributed by atoms with E-state index in [1.165, 1.54) is 20.0 Å². The van der Waals surface area contributed by atoms with E-state index < -0.39 is 0 Å². The molecule has 35 heavy (non-hydrogen) atoms. The van der Waals surface area contributed by atoms with Gasteiger partial charge in [0.15, 0.2) is 0 Å². The molecule has 3 aliphatic rings. The van der Waals surface area contributed by atoms with Gasteiger partial charge in [-0.25, -0.2) is 0 Å². The first kappa shape index (κ1) is 22.6. The average Bonchev–Trinajstić information content (AvgIpc) is 3.25. The van der Waals surface area contributed by atoms with Gasteiger partial charge >= 0.3 is 0 Å². The zero-order valence-electron chi connectivity index (χ0n) is 20.5. The van der Waals surface area contributed by atoms with E-state index >= 15 is 0 Å². The van der Waals surface area contributed by atoms with Crippen molar-refractivity contribution in [3.63, 3.8) is 0 Å². The van der Waals surface area contributed by atoms with Gasteiger partial charge in [0, 0.05) is 33.6 Å². The summed E-state index contributed by atoms with van der Waals surface area (Å²) in [4.78, 5) is 49.9. The maximum absolute atomic E-state index is 12.5. The number of hydrazine groups is 2. The van der Waals surface area contributed by atoms with Crippen molar-refractivity contribution in [3.8, 4) is 11.1 Å². The topological polar surface area (TPSA) is 81.2 Å². The van der Waals surface area contributed by atoms with E-state index in [2.05, 4.69) is 13.8 Å². The van der Waals surface area contributed by atoms with Gasteiger partial charge in [0.05, 0.1) is 0 Å². The van der Waals surface area contributed by atoms with Crippen molar-refractivity contribution in [1.29, 1.82) is 0 Å². The summed E-state index contributed by atoms with van der Waals surface area (Å²) in [6, 6.07) is 11.9. The molecule has 0 aromatic heterocycles. The molecule has 4 amide bonds. The number of carbonyl (C=O) groups is 4. The highest BCUT2D eigenvalue weighted by molar-refractivity contribution is 6.26. The van der Waals surface area contributed by atoms with E-state index in [-0.39, 0.29) is 40.2 Å². The van der Waals surface area contributed by atoms with Crippen molar-refractivity contribution in [1.82, 2.24) is 20.0 Å². The van der Waals surface area contributed by atoms with E-state index in [9.17, 15) is 19.2 Å². The third-order valence-corrected chi connectivity index (χ3v) is 7.34. The summed E-state index contributed by atoms with van der Waals surface area (Å²) in [6.07, 6.45) is 3.29. The molecule has 2 fully saturated rings. The third-order valence-electron chi connectivity index (χ3n) is 7.34. The Hall–Kier alpha value is -4.20. The first-order chi connectivity index (χ1) is 16.4. The highest BCUT2D eigenvalue weighted by Gasteiger charge is 2.39. The quantitative estimate of drug-likeness (QED) is 0.499. The van der Waals surface area contributed by atoms with Crippen LogP contribution in [0.2, 0.25) is 0 Å². The minimum atomic E-state index is -0.359. The van der Waals surface area contributed by atoms with Gasteiger partial charge in [-0.1, -0.05) is 50.2 Å². The highest BCUT2D eigenvalue weighted by atomic mass is 16.2. The number of nitrogens with zero attached hydrogens (tertiary/aromatic N) is 4. The summed E-state index contributed by atoms with van der Waals surface area (Å²) in [5.74, 6) is -1.31. The number of fused-ring (bicyclic) bond motifs is 3. The molecule has 0 N–H and O–H groups in total. The molecular formula is C27H26N4O4. The highest BCUT2D eigenvalue weighted by Crippen LogP contribution is 2.49. The largest absolute Gasteiger partial charge is 0.277 e. The molecule has 5 rings (SSSR count). The van der Waals surface area contributed by atoms with E-state index in [0.29, 0.717) is 0 Å². The maximum Gasteiger partial charge on any atom is 0.277 e. The zero-order chi connectivity index (χ0) is 25.4. The monoisotopic (exact) mass is 470 g/mol. The third kappa shape index (κ3) is 3.13. The van der Waals surface area contributed by atoms with Crippen LogP contribution in [-0.2, 0) is 24.6 Å². The summed E-state index contributed by atoms with van der Waals surface area (Å²) >= 11 is 0. The number of likely N-dealkylation sites (N-methyl/N-ethyl adjacent to an activating group) is 4. The van der Waals surface area contributed by atoms with Crippen molar-refractivity contribution < 1.29 is 19.2 Å². The Kier molecular flexibility index (Phi) is 4.77. The lowest BCUT2D eigenvalue weighted by Gasteiger charge is -2.22. The number of benzene rings is 2. The lowest BCUT2D eigenvalue weighted by Crippen LogP contribution is -2.33. The molecule has 0 radical (unpaired) electrons. The van der Waals surface area contributed by atoms with Gasteiger partial charge in [-0.2, -0.15) is 0 Å². The van der Waals surface area contributed by atoms with E-state index in [4.69, 9.17) is 0 Å². The first-order valence-corrected chi connectivity index (χ1v) is 11.3. The molecule has 2 heterocycles. The summed E-state index contributed by atoms with van der Waals surface area (Å²) in [5.41, 5.74) is 5.80. The molecule has 0 unspecified atom stereocenters. The number of hydrogen-bond acceptors (Lipinski definition) is 4. The standard InChI is InChI=1S/C27H26N4O4/c1-27(2)21-13-15(11-19-23(32)28(3)29(4)24(19)33)7-9-17(21)18-10-8-16(14-22(18)27)12-20-25(34)30(5)31(6)26(20)35/h7-14H,1-6H3. The van der Waals surface area contributed by atoms with Crippen LogP contribution in [0, 0.1) is 0 Å². The fourth-order valence-electron chi connectivity index (χ4n) is 4.96. The van der Waals surface area contributed by atoms with Crippen molar-refractivity contribution in [2.75, 3.05) is 28.2 Å². The van der Waals surface area contributed by atoms with Crippen LogP contribution in [0.4, 0.5) is 0 Å².